The van der Waals surface area contributed by atoms with Crippen LogP contribution in [0.15, 0.2) is 0 Å². The summed E-state index contributed by atoms with van der Waals surface area (Å²) in [5.41, 5.74) is 4.95. The second-order valence-electron chi connectivity index (χ2n) is 3.35. The zero-order valence-corrected chi connectivity index (χ0v) is 10.4. The number of halogens is 3. The van der Waals surface area contributed by atoms with Crippen LogP contribution in [0.4, 0.5) is 13.2 Å². The van der Waals surface area contributed by atoms with E-state index in [4.69, 9.17) is 19.9 Å². The van der Waals surface area contributed by atoms with Gasteiger partial charge >= 0.3 is 6.18 Å². The van der Waals surface area contributed by atoms with Crippen LogP contribution < -0.4 is 5.73 Å². The first-order chi connectivity index (χ1) is 8.52. The Morgan fingerprint density at radius 3 is 1.89 bits per heavy atom. The van der Waals surface area contributed by atoms with Gasteiger partial charge in [0.15, 0.2) is 6.10 Å². The van der Waals surface area contributed by atoms with Crippen LogP contribution in [-0.2, 0) is 18.9 Å². The van der Waals surface area contributed by atoms with Gasteiger partial charge in [-0.2, -0.15) is 13.2 Å². The molecule has 0 radical (unpaired) electrons. The molecule has 0 amide bonds. The van der Waals surface area contributed by atoms with Gasteiger partial charge in [-0.05, 0) is 0 Å². The fourth-order valence-electron chi connectivity index (χ4n) is 1.01. The molecule has 0 spiro atoms. The molecule has 18 heavy (non-hydrogen) atoms. The van der Waals surface area contributed by atoms with E-state index in [-0.39, 0.29) is 13.2 Å². The Kier molecular flexibility index (Phi) is 10.3. The van der Waals surface area contributed by atoms with Crippen LogP contribution >= 0.6 is 0 Å². The van der Waals surface area contributed by atoms with Crippen LogP contribution in [-0.4, -0.2) is 65.6 Å². The third-order valence-corrected chi connectivity index (χ3v) is 1.93. The lowest BCUT2D eigenvalue weighted by molar-refractivity contribution is -0.219. The molecular weight excluding hydrogens is 255 g/mol. The summed E-state index contributed by atoms with van der Waals surface area (Å²) >= 11 is 0. The Hall–Kier alpha value is -0.410. The lowest BCUT2D eigenvalue weighted by Crippen LogP contribution is -2.39. The van der Waals surface area contributed by atoms with Crippen LogP contribution in [0.3, 0.4) is 0 Å². The predicted octanol–water partition coefficient (Wildman–Crippen LogP) is 0.572. The minimum atomic E-state index is -4.43. The van der Waals surface area contributed by atoms with Crippen molar-refractivity contribution in [2.75, 3.05) is 53.3 Å². The van der Waals surface area contributed by atoms with Gasteiger partial charge < -0.3 is 24.7 Å². The summed E-state index contributed by atoms with van der Waals surface area (Å²) in [5.74, 6) is 0. The summed E-state index contributed by atoms with van der Waals surface area (Å²) in [5, 5.41) is 0. The van der Waals surface area contributed by atoms with E-state index in [9.17, 15) is 13.2 Å². The maximum absolute atomic E-state index is 12.2. The van der Waals surface area contributed by atoms with Crippen LogP contribution in [0.25, 0.3) is 0 Å². The predicted molar refractivity (Wildman–Crippen MR) is 58.4 cm³/mol. The van der Waals surface area contributed by atoms with Crippen molar-refractivity contribution >= 4 is 0 Å². The molecule has 5 nitrogen and oxygen atoms in total. The summed E-state index contributed by atoms with van der Waals surface area (Å²) in [7, 11) is 1.56. The maximum atomic E-state index is 12.2. The van der Waals surface area contributed by atoms with Gasteiger partial charge in [-0.1, -0.05) is 0 Å². The fraction of sp³-hybridized carbons (Fsp3) is 1.00. The highest BCUT2D eigenvalue weighted by atomic mass is 19.4. The van der Waals surface area contributed by atoms with Crippen molar-refractivity contribution in [1.82, 2.24) is 0 Å². The average Bonchev–Trinajstić information content (AvgIpc) is 2.30. The van der Waals surface area contributed by atoms with E-state index in [1.54, 1.807) is 7.11 Å². The van der Waals surface area contributed by atoms with E-state index in [2.05, 4.69) is 4.74 Å². The highest BCUT2D eigenvalue weighted by Crippen LogP contribution is 2.21. The second kappa shape index (κ2) is 10.5. The van der Waals surface area contributed by atoms with E-state index < -0.39 is 18.8 Å². The molecule has 2 N–H and O–H groups in total. The fourth-order valence-corrected chi connectivity index (χ4v) is 1.01. The molecule has 0 aromatic carbocycles. The van der Waals surface area contributed by atoms with E-state index in [0.29, 0.717) is 26.4 Å². The minimum Gasteiger partial charge on any atom is -0.382 e. The Morgan fingerprint density at radius 2 is 1.44 bits per heavy atom. The molecule has 1 atom stereocenters. The van der Waals surface area contributed by atoms with Crippen molar-refractivity contribution in [2.24, 2.45) is 5.73 Å². The number of ether oxygens (including phenoxy) is 4. The van der Waals surface area contributed by atoms with Gasteiger partial charge in [0, 0.05) is 13.7 Å². The van der Waals surface area contributed by atoms with Crippen molar-refractivity contribution < 1.29 is 32.1 Å². The van der Waals surface area contributed by atoms with Gasteiger partial charge in [-0.25, -0.2) is 0 Å². The minimum absolute atomic E-state index is 0.0697. The zero-order valence-electron chi connectivity index (χ0n) is 10.4. The van der Waals surface area contributed by atoms with Crippen molar-refractivity contribution in [2.45, 2.75) is 12.3 Å². The Bertz CT molecular complexity index is 192. The number of methoxy groups -OCH3 is 1. The highest BCUT2D eigenvalue weighted by molar-refractivity contribution is 4.67. The topological polar surface area (TPSA) is 62.9 Å². The van der Waals surface area contributed by atoms with Gasteiger partial charge in [0.05, 0.1) is 39.6 Å². The van der Waals surface area contributed by atoms with Gasteiger partial charge in [0.25, 0.3) is 0 Å². The third kappa shape index (κ3) is 9.60. The first-order valence-electron chi connectivity index (χ1n) is 5.55. The number of alkyl halides is 3. The first kappa shape index (κ1) is 17.6. The van der Waals surface area contributed by atoms with Crippen LogP contribution in [0.2, 0.25) is 0 Å². The lowest BCUT2D eigenvalue weighted by atomic mass is 10.3. The maximum Gasteiger partial charge on any atom is 0.415 e. The van der Waals surface area contributed by atoms with Crippen LogP contribution in [0.1, 0.15) is 0 Å². The Labute approximate surface area is 104 Å². The second-order valence-corrected chi connectivity index (χ2v) is 3.35. The molecule has 0 heterocycles. The van der Waals surface area contributed by atoms with E-state index >= 15 is 0 Å². The summed E-state index contributed by atoms with van der Waals surface area (Å²) < 4.78 is 56.0. The smallest absolute Gasteiger partial charge is 0.382 e. The molecule has 1 unspecified atom stereocenters. The molecule has 0 fully saturated rings. The van der Waals surface area contributed by atoms with Gasteiger partial charge in [-0.3, -0.25) is 0 Å². The van der Waals surface area contributed by atoms with Crippen LogP contribution in [0.5, 0.6) is 0 Å². The Balaban J connectivity index is 3.34. The molecule has 0 saturated carbocycles. The van der Waals surface area contributed by atoms with Crippen molar-refractivity contribution in [1.29, 1.82) is 0 Å². The molecule has 0 rings (SSSR count). The molecule has 0 aliphatic rings. The summed E-state index contributed by atoms with van der Waals surface area (Å²) in [6.45, 7) is 0.936. The molecule has 0 aromatic rings. The summed E-state index contributed by atoms with van der Waals surface area (Å²) in [6.07, 6.45) is -6.36. The normalized spacial score (nSPS) is 13.8. The quantitative estimate of drug-likeness (QED) is 0.559. The van der Waals surface area contributed by atoms with E-state index in [0.717, 1.165) is 0 Å². The molecule has 0 aromatic heterocycles. The van der Waals surface area contributed by atoms with Crippen LogP contribution in [0, 0.1) is 0 Å². The molecule has 0 aliphatic heterocycles. The standard InChI is InChI=1S/C10H20F3NO4/c1-15-2-3-16-4-5-17-6-7-18-9(8-14)10(11,12)13/h9H,2-8,14H2,1H3. The molecule has 0 aliphatic carbocycles. The van der Waals surface area contributed by atoms with Gasteiger partial charge in [0.1, 0.15) is 0 Å². The van der Waals surface area contributed by atoms with Crippen molar-refractivity contribution in [3.63, 3.8) is 0 Å². The van der Waals surface area contributed by atoms with Gasteiger partial charge in [0.2, 0.25) is 0 Å². The zero-order chi connectivity index (χ0) is 13.9. The SMILES string of the molecule is COCCOCCOCCOC(CN)C(F)(F)F. The molecule has 0 bridgehead atoms. The molecular formula is C10H20F3NO4. The molecule has 8 heteroatoms. The molecule has 0 saturated heterocycles. The van der Waals surface area contributed by atoms with E-state index in [1.165, 1.54) is 0 Å². The highest BCUT2D eigenvalue weighted by Gasteiger charge is 2.39. The monoisotopic (exact) mass is 275 g/mol. The van der Waals surface area contributed by atoms with Crippen molar-refractivity contribution in [3.8, 4) is 0 Å². The Morgan fingerprint density at radius 1 is 0.944 bits per heavy atom. The largest absolute Gasteiger partial charge is 0.415 e. The van der Waals surface area contributed by atoms with Gasteiger partial charge in [-0.15, -0.1) is 0 Å². The summed E-state index contributed by atoms with van der Waals surface area (Å²) in [4.78, 5) is 0. The van der Waals surface area contributed by atoms with Crippen molar-refractivity contribution in [3.05, 3.63) is 0 Å². The number of hydrogen-bond acceptors (Lipinski definition) is 5. The molecule has 110 valence electrons. The third-order valence-electron chi connectivity index (χ3n) is 1.93. The number of nitrogens with two attached hydrogens (primary N) is 1. The number of rotatable bonds is 11. The number of hydrogen-bond donors (Lipinski definition) is 1. The lowest BCUT2D eigenvalue weighted by Gasteiger charge is -2.18. The van der Waals surface area contributed by atoms with E-state index in [1.807, 2.05) is 0 Å². The summed E-state index contributed by atoms with van der Waals surface area (Å²) in [6, 6.07) is 0. The average molecular weight is 275 g/mol. The first-order valence-corrected chi connectivity index (χ1v) is 5.55.